The Bertz CT molecular complexity index is 685. The third-order valence-electron chi connectivity index (χ3n) is 4.43. The molecule has 104 valence electrons. The van der Waals surface area contributed by atoms with Crippen LogP contribution < -0.4 is 10.9 Å². The lowest BCUT2D eigenvalue weighted by atomic mass is 10.0. The lowest BCUT2D eigenvalue weighted by Gasteiger charge is -2.17. The van der Waals surface area contributed by atoms with Gasteiger partial charge < -0.3 is 5.32 Å². The molecule has 0 spiro atoms. The summed E-state index contributed by atoms with van der Waals surface area (Å²) in [5, 5.41) is 12.3. The van der Waals surface area contributed by atoms with Crippen molar-refractivity contribution in [1.82, 2.24) is 25.2 Å². The molecule has 1 aromatic carbocycles. The molecule has 2 aromatic rings. The molecule has 2 aliphatic heterocycles. The van der Waals surface area contributed by atoms with Crippen LogP contribution in [0.5, 0.6) is 0 Å². The molecule has 2 saturated heterocycles. The first-order valence-corrected chi connectivity index (χ1v) is 7.07. The minimum atomic E-state index is -0.0502. The van der Waals surface area contributed by atoms with Crippen molar-refractivity contribution in [3.8, 4) is 0 Å². The summed E-state index contributed by atoms with van der Waals surface area (Å²) >= 11 is 0. The van der Waals surface area contributed by atoms with Gasteiger partial charge >= 0.3 is 0 Å². The molecule has 0 radical (unpaired) electrons. The second-order valence-electron chi connectivity index (χ2n) is 5.77. The lowest BCUT2D eigenvalue weighted by molar-refractivity contribution is 0.229. The van der Waals surface area contributed by atoms with E-state index >= 15 is 0 Å². The molecule has 4 rings (SSSR count). The van der Waals surface area contributed by atoms with Crippen molar-refractivity contribution in [1.29, 1.82) is 0 Å². The van der Waals surface area contributed by atoms with Crippen molar-refractivity contribution in [2.24, 2.45) is 11.8 Å². The van der Waals surface area contributed by atoms with Crippen molar-refractivity contribution in [3.05, 3.63) is 34.6 Å². The summed E-state index contributed by atoms with van der Waals surface area (Å²) in [7, 11) is 0. The number of hydrogen-bond donors (Lipinski definition) is 1. The van der Waals surface area contributed by atoms with E-state index in [0.717, 1.165) is 38.0 Å². The second kappa shape index (κ2) is 4.64. The molecule has 1 N–H and O–H groups in total. The molecule has 20 heavy (non-hydrogen) atoms. The Labute approximate surface area is 116 Å². The number of nitrogens with one attached hydrogen (secondary N) is 1. The molecule has 6 nitrogen and oxygen atoms in total. The molecule has 6 heteroatoms. The summed E-state index contributed by atoms with van der Waals surface area (Å²) < 4.78 is 1.48. The van der Waals surface area contributed by atoms with Gasteiger partial charge in [-0.3, -0.25) is 9.69 Å². The van der Waals surface area contributed by atoms with Crippen molar-refractivity contribution in [2.45, 2.75) is 6.67 Å². The van der Waals surface area contributed by atoms with E-state index in [1.807, 2.05) is 24.3 Å². The normalized spacial score (nSPS) is 26.2. The zero-order valence-corrected chi connectivity index (χ0v) is 11.2. The predicted molar refractivity (Wildman–Crippen MR) is 75.2 cm³/mol. The average Bonchev–Trinajstić information content (AvgIpc) is 3.03. The Morgan fingerprint density at radius 3 is 2.75 bits per heavy atom. The molecule has 2 unspecified atom stereocenters. The van der Waals surface area contributed by atoms with E-state index in [-0.39, 0.29) is 5.56 Å². The standard InChI is InChI=1S/C14H17N5O/c20-14-12-3-1-2-4-13(12)16-17-19(14)9-18-7-10-5-15-6-11(10)8-18/h1-4,10-11,15H,5-9H2. The maximum Gasteiger partial charge on any atom is 0.278 e. The highest BCUT2D eigenvalue weighted by atomic mass is 16.1. The molecule has 0 aliphatic carbocycles. The molecular formula is C14H17N5O. The highest BCUT2D eigenvalue weighted by Crippen LogP contribution is 2.26. The molecule has 0 amide bonds. The van der Waals surface area contributed by atoms with Crippen LogP contribution in [0.25, 0.3) is 10.9 Å². The molecule has 3 heterocycles. The Hall–Kier alpha value is -1.79. The fraction of sp³-hybridized carbons (Fsp3) is 0.500. The first-order valence-electron chi connectivity index (χ1n) is 7.07. The predicted octanol–water partition coefficient (Wildman–Crippen LogP) is -0.0998. The molecule has 2 fully saturated rings. The Morgan fingerprint density at radius 1 is 1.20 bits per heavy atom. The van der Waals surface area contributed by atoms with E-state index < -0.39 is 0 Å². The maximum absolute atomic E-state index is 12.4. The number of hydrogen-bond acceptors (Lipinski definition) is 5. The quantitative estimate of drug-likeness (QED) is 0.826. The summed E-state index contributed by atoms with van der Waals surface area (Å²) in [6, 6.07) is 7.36. The van der Waals surface area contributed by atoms with Gasteiger partial charge in [0.05, 0.1) is 12.1 Å². The van der Waals surface area contributed by atoms with E-state index in [1.165, 1.54) is 4.68 Å². The maximum atomic E-state index is 12.4. The van der Waals surface area contributed by atoms with Crippen molar-refractivity contribution in [3.63, 3.8) is 0 Å². The first-order chi connectivity index (χ1) is 9.81. The van der Waals surface area contributed by atoms with Crippen LogP contribution >= 0.6 is 0 Å². The number of fused-ring (bicyclic) bond motifs is 2. The number of benzene rings is 1. The van der Waals surface area contributed by atoms with E-state index in [2.05, 4.69) is 20.5 Å². The molecule has 2 atom stereocenters. The van der Waals surface area contributed by atoms with Gasteiger partial charge in [0.2, 0.25) is 0 Å². The van der Waals surface area contributed by atoms with Crippen LogP contribution in [0.4, 0.5) is 0 Å². The smallest absolute Gasteiger partial charge is 0.278 e. The van der Waals surface area contributed by atoms with Crippen LogP contribution in [0.1, 0.15) is 0 Å². The molecular weight excluding hydrogens is 254 g/mol. The summed E-state index contributed by atoms with van der Waals surface area (Å²) in [6.07, 6.45) is 0. The van der Waals surface area contributed by atoms with Crippen molar-refractivity contribution in [2.75, 3.05) is 26.2 Å². The largest absolute Gasteiger partial charge is 0.316 e. The minimum absolute atomic E-state index is 0.0502. The SMILES string of the molecule is O=c1c2ccccc2nnn1CN1CC2CNCC2C1. The fourth-order valence-electron chi connectivity index (χ4n) is 3.37. The summed E-state index contributed by atoms with van der Waals surface area (Å²) in [4.78, 5) is 14.7. The fourth-order valence-corrected chi connectivity index (χ4v) is 3.37. The summed E-state index contributed by atoms with van der Waals surface area (Å²) in [6.45, 7) is 4.82. The summed E-state index contributed by atoms with van der Waals surface area (Å²) in [5.41, 5.74) is 0.613. The van der Waals surface area contributed by atoms with E-state index in [1.54, 1.807) is 0 Å². The van der Waals surface area contributed by atoms with Crippen LogP contribution in [0.2, 0.25) is 0 Å². The van der Waals surface area contributed by atoms with E-state index in [0.29, 0.717) is 17.6 Å². The van der Waals surface area contributed by atoms with Crippen LogP contribution in [0.15, 0.2) is 29.1 Å². The number of rotatable bonds is 2. The Morgan fingerprint density at radius 2 is 1.95 bits per heavy atom. The second-order valence-corrected chi connectivity index (χ2v) is 5.77. The van der Waals surface area contributed by atoms with Gasteiger partial charge in [-0.1, -0.05) is 17.3 Å². The Kier molecular flexibility index (Phi) is 2.78. The summed E-state index contributed by atoms with van der Waals surface area (Å²) in [5.74, 6) is 1.44. The van der Waals surface area contributed by atoms with Gasteiger partial charge in [0.1, 0.15) is 5.52 Å². The molecule has 0 saturated carbocycles. The van der Waals surface area contributed by atoms with E-state index in [4.69, 9.17) is 0 Å². The van der Waals surface area contributed by atoms with Gasteiger partial charge in [-0.15, -0.1) is 5.10 Å². The third kappa shape index (κ3) is 1.92. The third-order valence-corrected chi connectivity index (χ3v) is 4.43. The van der Waals surface area contributed by atoms with Crippen LogP contribution in [-0.4, -0.2) is 46.1 Å². The van der Waals surface area contributed by atoms with E-state index in [9.17, 15) is 4.79 Å². The van der Waals surface area contributed by atoms with Gasteiger partial charge in [0.25, 0.3) is 5.56 Å². The monoisotopic (exact) mass is 271 g/mol. The number of nitrogens with zero attached hydrogens (tertiary/aromatic N) is 4. The number of aromatic nitrogens is 3. The van der Waals surface area contributed by atoms with Gasteiger partial charge in [0.15, 0.2) is 0 Å². The molecule has 1 aromatic heterocycles. The van der Waals surface area contributed by atoms with Gasteiger partial charge in [0, 0.05) is 13.1 Å². The van der Waals surface area contributed by atoms with Crippen molar-refractivity contribution < 1.29 is 0 Å². The highest BCUT2D eigenvalue weighted by molar-refractivity contribution is 5.76. The van der Waals surface area contributed by atoms with Crippen LogP contribution in [0.3, 0.4) is 0 Å². The average molecular weight is 271 g/mol. The number of likely N-dealkylation sites (tertiary alicyclic amines) is 1. The minimum Gasteiger partial charge on any atom is -0.316 e. The van der Waals surface area contributed by atoms with Crippen LogP contribution in [-0.2, 0) is 6.67 Å². The van der Waals surface area contributed by atoms with Gasteiger partial charge in [-0.25, -0.2) is 0 Å². The zero-order valence-electron chi connectivity index (χ0n) is 11.2. The topological polar surface area (TPSA) is 63.1 Å². The molecule has 2 aliphatic rings. The van der Waals surface area contributed by atoms with Crippen molar-refractivity contribution >= 4 is 10.9 Å². The first kappa shape index (κ1) is 12.0. The van der Waals surface area contributed by atoms with Gasteiger partial charge in [-0.2, -0.15) is 4.68 Å². The Balaban J connectivity index is 1.60. The van der Waals surface area contributed by atoms with Gasteiger partial charge in [-0.05, 0) is 37.1 Å². The van der Waals surface area contributed by atoms with Crippen LogP contribution in [0, 0.1) is 11.8 Å². The molecule has 0 bridgehead atoms. The lowest BCUT2D eigenvalue weighted by Crippen LogP contribution is -2.34. The highest BCUT2D eigenvalue weighted by Gasteiger charge is 2.36. The zero-order chi connectivity index (χ0) is 13.5.